The van der Waals surface area contributed by atoms with Gasteiger partial charge in [-0.3, -0.25) is 0 Å². The maximum atomic E-state index is 5.75. The summed E-state index contributed by atoms with van der Waals surface area (Å²) in [7, 11) is 0. The average Bonchev–Trinajstić information content (AvgIpc) is 2.26. The van der Waals surface area contributed by atoms with E-state index in [0.29, 0.717) is 10.8 Å². The molecular weight excluding hydrogens is 212 g/mol. The van der Waals surface area contributed by atoms with Gasteiger partial charge in [-0.2, -0.15) is 0 Å². The summed E-state index contributed by atoms with van der Waals surface area (Å²) in [6.45, 7) is 12.1. The monoisotopic (exact) mass is 240 g/mol. The van der Waals surface area contributed by atoms with Crippen LogP contribution in [-0.4, -0.2) is 25.4 Å². The lowest BCUT2D eigenvalue weighted by Crippen LogP contribution is -2.59. The van der Waals surface area contributed by atoms with Gasteiger partial charge < -0.3 is 9.47 Å². The molecule has 1 unspecified atom stereocenters. The van der Waals surface area contributed by atoms with E-state index in [1.54, 1.807) is 0 Å². The zero-order valence-corrected chi connectivity index (χ0v) is 12.0. The van der Waals surface area contributed by atoms with Gasteiger partial charge in [-0.25, -0.2) is 0 Å². The molecule has 2 nitrogen and oxygen atoms in total. The lowest BCUT2D eigenvalue weighted by atomic mass is 9.64. The summed E-state index contributed by atoms with van der Waals surface area (Å²) >= 11 is 0. The van der Waals surface area contributed by atoms with Gasteiger partial charge in [-0.1, -0.05) is 20.3 Å². The first-order valence-electron chi connectivity index (χ1n) is 7.21. The van der Waals surface area contributed by atoms with Gasteiger partial charge in [0.2, 0.25) is 0 Å². The Kier molecular flexibility index (Phi) is 3.57. The molecule has 1 atom stereocenters. The smallest absolute Gasteiger partial charge is 0.0704 e. The Morgan fingerprint density at radius 2 is 1.65 bits per heavy atom. The highest BCUT2D eigenvalue weighted by atomic mass is 16.5. The van der Waals surface area contributed by atoms with Crippen molar-refractivity contribution >= 4 is 0 Å². The Labute approximate surface area is 106 Å². The maximum absolute atomic E-state index is 5.75. The van der Waals surface area contributed by atoms with Gasteiger partial charge in [-0.05, 0) is 39.5 Å². The summed E-state index contributed by atoms with van der Waals surface area (Å²) in [4.78, 5) is 0. The fourth-order valence-corrected chi connectivity index (χ4v) is 3.36. The Morgan fingerprint density at radius 3 is 1.94 bits per heavy atom. The van der Waals surface area contributed by atoms with E-state index in [1.165, 1.54) is 32.1 Å². The summed E-state index contributed by atoms with van der Waals surface area (Å²) in [5, 5.41) is 0. The van der Waals surface area contributed by atoms with Gasteiger partial charge >= 0.3 is 0 Å². The van der Waals surface area contributed by atoms with Crippen LogP contribution < -0.4 is 0 Å². The van der Waals surface area contributed by atoms with Crippen LogP contribution in [0.5, 0.6) is 0 Å². The van der Waals surface area contributed by atoms with Crippen LogP contribution >= 0.6 is 0 Å². The van der Waals surface area contributed by atoms with E-state index in [9.17, 15) is 0 Å². The van der Waals surface area contributed by atoms with E-state index in [2.05, 4.69) is 27.7 Å². The van der Waals surface area contributed by atoms with E-state index in [1.807, 2.05) is 0 Å². The van der Waals surface area contributed by atoms with Gasteiger partial charge in [0.15, 0.2) is 0 Å². The first-order chi connectivity index (χ1) is 7.99. The lowest BCUT2D eigenvalue weighted by molar-refractivity contribution is -0.254. The van der Waals surface area contributed by atoms with Crippen LogP contribution in [0, 0.1) is 10.8 Å². The van der Waals surface area contributed by atoms with E-state index in [-0.39, 0.29) is 5.60 Å². The number of rotatable bonds is 6. The predicted molar refractivity (Wildman–Crippen MR) is 70.1 cm³/mol. The van der Waals surface area contributed by atoms with Gasteiger partial charge in [0.1, 0.15) is 0 Å². The molecule has 0 radical (unpaired) electrons. The van der Waals surface area contributed by atoms with Crippen LogP contribution in [0.1, 0.15) is 59.8 Å². The van der Waals surface area contributed by atoms with Crippen molar-refractivity contribution in [3.8, 4) is 0 Å². The molecule has 0 N–H and O–H groups in total. The average molecular weight is 240 g/mol. The number of hydrogen-bond acceptors (Lipinski definition) is 2. The van der Waals surface area contributed by atoms with E-state index < -0.39 is 0 Å². The second-order valence-electron chi connectivity index (χ2n) is 6.63. The lowest BCUT2D eigenvalue weighted by Gasteiger charge is -2.56. The Morgan fingerprint density at radius 1 is 0.941 bits per heavy atom. The molecule has 0 bridgehead atoms. The highest BCUT2D eigenvalue weighted by Crippen LogP contribution is 2.51. The SMILES string of the molecule is CCC1(CCCC2(CC)COC2(C)C)COC1. The maximum Gasteiger partial charge on any atom is 0.0704 e. The molecule has 2 heterocycles. The molecule has 2 rings (SSSR count). The van der Waals surface area contributed by atoms with Gasteiger partial charge in [0.05, 0.1) is 25.4 Å². The largest absolute Gasteiger partial charge is 0.380 e. The molecule has 100 valence electrons. The molecule has 17 heavy (non-hydrogen) atoms. The highest BCUT2D eigenvalue weighted by Gasteiger charge is 2.53. The van der Waals surface area contributed by atoms with Crippen LogP contribution in [0.4, 0.5) is 0 Å². The van der Waals surface area contributed by atoms with Crippen molar-refractivity contribution in [2.24, 2.45) is 10.8 Å². The topological polar surface area (TPSA) is 18.5 Å². The second-order valence-corrected chi connectivity index (χ2v) is 6.63. The molecule has 0 aromatic heterocycles. The quantitative estimate of drug-likeness (QED) is 0.703. The summed E-state index contributed by atoms with van der Waals surface area (Å²) in [5.41, 5.74) is 1.05. The summed E-state index contributed by atoms with van der Waals surface area (Å²) in [6, 6.07) is 0. The minimum atomic E-state index is 0.0945. The summed E-state index contributed by atoms with van der Waals surface area (Å²) in [5.74, 6) is 0. The molecule has 0 aromatic rings. The Balaban J connectivity index is 1.81. The molecule has 0 amide bonds. The number of ether oxygens (including phenoxy) is 2. The predicted octanol–water partition coefficient (Wildman–Crippen LogP) is 3.79. The normalized spacial score (nSPS) is 33.9. The minimum Gasteiger partial charge on any atom is -0.380 e. The standard InChI is InChI=1S/C15H28O2/c1-5-14(10-16-11-14)8-7-9-15(6-2)12-17-13(15,3)4/h5-12H2,1-4H3. The van der Waals surface area contributed by atoms with Crippen LogP contribution in [0.3, 0.4) is 0 Å². The summed E-state index contributed by atoms with van der Waals surface area (Å²) < 4.78 is 11.1. The molecule has 2 saturated heterocycles. The fraction of sp³-hybridized carbons (Fsp3) is 1.00. The molecule has 2 aliphatic rings. The van der Waals surface area contributed by atoms with Gasteiger partial charge in [0.25, 0.3) is 0 Å². The molecule has 0 aromatic carbocycles. The Hall–Kier alpha value is -0.0800. The van der Waals surface area contributed by atoms with Crippen molar-refractivity contribution in [1.29, 1.82) is 0 Å². The molecular formula is C15H28O2. The number of hydrogen-bond donors (Lipinski definition) is 0. The molecule has 2 fully saturated rings. The minimum absolute atomic E-state index is 0.0945. The fourth-order valence-electron chi connectivity index (χ4n) is 3.36. The first-order valence-corrected chi connectivity index (χ1v) is 7.21. The molecule has 0 aliphatic carbocycles. The van der Waals surface area contributed by atoms with Crippen LogP contribution in [0.15, 0.2) is 0 Å². The highest BCUT2D eigenvalue weighted by molar-refractivity contribution is 5.01. The third kappa shape index (κ3) is 2.15. The van der Waals surface area contributed by atoms with Crippen molar-refractivity contribution < 1.29 is 9.47 Å². The van der Waals surface area contributed by atoms with Crippen LogP contribution in [-0.2, 0) is 9.47 Å². The second kappa shape index (κ2) is 4.55. The van der Waals surface area contributed by atoms with Crippen molar-refractivity contribution in [3.63, 3.8) is 0 Å². The zero-order valence-electron chi connectivity index (χ0n) is 12.0. The van der Waals surface area contributed by atoms with E-state index in [4.69, 9.17) is 9.47 Å². The van der Waals surface area contributed by atoms with Crippen molar-refractivity contribution in [2.45, 2.75) is 65.4 Å². The van der Waals surface area contributed by atoms with Gasteiger partial charge in [0, 0.05) is 10.8 Å². The summed E-state index contributed by atoms with van der Waals surface area (Å²) in [6.07, 6.45) is 6.50. The third-order valence-corrected chi connectivity index (χ3v) is 5.59. The third-order valence-electron chi connectivity index (χ3n) is 5.59. The molecule has 2 heteroatoms. The Bertz CT molecular complexity index is 259. The molecule has 0 spiro atoms. The van der Waals surface area contributed by atoms with Gasteiger partial charge in [-0.15, -0.1) is 0 Å². The van der Waals surface area contributed by atoms with Crippen LogP contribution in [0.2, 0.25) is 0 Å². The first kappa shape index (κ1) is 13.4. The zero-order chi connectivity index (χ0) is 12.6. The molecule has 2 aliphatic heterocycles. The molecule has 0 saturated carbocycles. The van der Waals surface area contributed by atoms with Crippen molar-refractivity contribution in [2.75, 3.05) is 19.8 Å². The van der Waals surface area contributed by atoms with Crippen LogP contribution in [0.25, 0.3) is 0 Å². The van der Waals surface area contributed by atoms with Crippen molar-refractivity contribution in [3.05, 3.63) is 0 Å². The van der Waals surface area contributed by atoms with E-state index in [0.717, 1.165) is 19.8 Å². The van der Waals surface area contributed by atoms with Crippen molar-refractivity contribution in [1.82, 2.24) is 0 Å². The van der Waals surface area contributed by atoms with E-state index >= 15 is 0 Å².